The zero-order chi connectivity index (χ0) is 15.3. The van der Waals surface area contributed by atoms with E-state index < -0.39 is 5.54 Å². The van der Waals surface area contributed by atoms with Crippen molar-refractivity contribution in [3.63, 3.8) is 0 Å². The lowest BCUT2D eigenvalue weighted by Gasteiger charge is -2.23. The molecule has 120 valence electrons. The number of nitrogens with zero attached hydrogens (tertiary/aromatic N) is 2. The number of carbonyl (C=O) groups is 1. The number of rotatable bonds is 6. The molecule has 6 nitrogen and oxygen atoms in total. The van der Waals surface area contributed by atoms with E-state index in [1.807, 2.05) is 30.3 Å². The molecule has 1 unspecified atom stereocenters. The number of halogens is 1. The Morgan fingerprint density at radius 1 is 1.41 bits per heavy atom. The minimum atomic E-state index is -1.10. The van der Waals surface area contributed by atoms with Crippen molar-refractivity contribution in [3.8, 4) is 0 Å². The fourth-order valence-electron chi connectivity index (χ4n) is 1.91. The van der Waals surface area contributed by atoms with Crippen LogP contribution in [0.15, 0.2) is 42.7 Å². The SMILES string of the molecule is COCCn1cc(NC(=O)C(C)(N)c2ccccc2)cn1.Cl. The highest BCUT2D eigenvalue weighted by molar-refractivity contribution is 5.98. The number of ether oxygens (including phenoxy) is 1. The number of nitrogens with one attached hydrogen (secondary N) is 1. The molecule has 22 heavy (non-hydrogen) atoms. The number of aromatic nitrogens is 2. The van der Waals surface area contributed by atoms with Gasteiger partial charge in [0.1, 0.15) is 5.54 Å². The van der Waals surface area contributed by atoms with E-state index in [1.54, 1.807) is 31.1 Å². The summed E-state index contributed by atoms with van der Waals surface area (Å²) in [6.07, 6.45) is 3.34. The molecule has 0 saturated carbocycles. The molecule has 0 aliphatic heterocycles. The van der Waals surface area contributed by atoms with Crippen LogP contribution in [-0.4, -0.2) is 29.4 Å². The number of amides is 1. The lowest BCUT2D eigenvalue weighted by molar-refractivity contribution is -0.120. The van der Waals surface area contributed by atoms with Crippen molar-refractivity contribution < 1.29 is 9.53 Å². The van der Waals surface area contributed by atoms with Crippen LogP contribution in [0, 0.1) is 0 Å². The number of benzene rings is 1. The van der Waals surface area contributed by atoms with E-state index in [0.29, 0.717) is 18.8 Å². The predicted molar refractivity (Wildman–Crippen MR) is 88.0 cm³/mol. The van der Waals surface area contributed by atoms with Gasteiger partial charge >= 0.3 is 0 Å². The first-order valence-electron chi connectivity index (χ1n) is 6.71. The maximum Gasteiger partial charge on any atom is 0.248 e. The summed E-state index contributed by atoms with van der Waals surface area (Å²) in [5.74, 6) is -0.278. The van der Waals surface area contributed by atoms with Gasteiger partial charge in [-0.15, -0.1) is 12.4 Å². The Hall–Kier alpha value is -1.89. The van der Waals surface area contributed by atoms with Crippen molar-refractivity contribution in [2.24, 2.45) is 5.73 Å². The van der Waals surface area contributed by atoms with Gasteiger partial charge in [-0.05, 0) is 12.5 Å². The van der Waals surface area contributed by atoms with Crippen LogP contribution in [-0.2, 0) is 21.6 Å². The van der Waals surface area contributed by atoms with Gasteiger partial charge in [0.05, 0.1) is 25.0 Å². The predicted octanol–water partition coefficient (Wildman–Crippen LogP) is 1.76. The molecule has 2 rings (SSSR count). The molecule has 1 aromatic carbocycles. The molecule has 0 spiro atoms. The van der Waals surface area contributed by atoms with Gasteiger partial charge in [0.25, 0.3) is 0 Å². The zero-order valence-corrected chi connectivity index (χ0v) is 13.5. The second-order valence-corrected chi connectivity index (χ2v) is 5.01. The van der Waals surface area contributed by atoms with Gasteiger partial charge in [0, 0.05) is 13.3 Å². The second kappa shape index (κ2) is 7.93. The molecule has 0 aliphatic carbocycles. The van der Waals surface area contributed by atoms with Crippen LogP contribution in [0.25, 0.3) is 0 Å². The van der Waals surface area contributed by atoms with Crippen molar-refractivity contribution in [3.05, 3.63) is 48.3 Å². The standard InChI is InChI=1S/C15H20N4O2.ClH/c1-15(16,12-6-4-3-5-7-12)14(20)18-13-10-17-19(11-13)8-9-21-2;/h3-7,10-11H,8-9,16H2,1-2H3,(H,18,20);1H. The van der Waals surface area contributed by atoms with Crippen LogP contribution >= 0.6 is 12.4 Å². The molecule has 0 radical (unpaired) electrons. The van der Waals surface area contributed by atoms with Gasteiger partial charge in [-0.25, -0.2) is 0 Å². The van der Waals surface area contributed by atoms with Crippen molar-refractivity contribution in [1.82, 2.24) is 9.78 Å². The van der Waals surface area contributed by atoms with Crippen LogP contribution in [0.3, 0.4) is 0 Å². The van der Waals surface area contributed by atoms with E-state index in [9.17, 15) is 4.79 Å². The molecule has 0 fully saturated rings. The molecule has 3 N–H and O–H groups in total. The molecule has 0 bridgehead atoms. The van der Waals surface area contributed by atoms with E-state index in [1.165, 1.54) is 0 Å². The van der Waals surface area contributed by atoms with E-state index in [-0.39, 0.29) is 18.3 Å². The van der Waals surface area contributed by atoms with Crippen molar-refractivity contribution in [2.75, 3.05) is 19.0 Å². The first-order chi connectivity index (χ1) is 10.0. The van der Waals surface area contributed by atoms with Gasteiger partial charge in [-0.3, -0.25) is 9.48 Å². The molecule has 1 amide bonds. The number of anilines is 1. The van der Waals surface area contributed by atoms with Gasteiger partial charge in [-0.1, -0.05) is 30.3 Å². The van der Waals surface area contributed by atoms with Crippen molar-refractivity contribution in [1.29, 1.82) is 0 Å². The average Bonchev–Trinajstić information content (AvgIpc) is 2.93. The topological polar surface area (TPSA) is 82.2 Å². The fraction of sp³-hybridized carbons (Fsp3) is 0.333. The molecule has 1 aromatic heterocycles. The number of carbonyl (C=O) groups excluding carboxylic acids is 1. The molecule has 1 heterocycles. The molecule has 1 atom stereocenters. The zero-order valence-electron chi connectivity index (χ0n) is 12.7. The van der Waals surface area contributed by atoms with Gasteiger partial charge in [0.2, 0.25) is 5.91 Å². The molecule has 0 aliphatic rings. The summed E-state index contributed by atoms with van der Waals surface area (Å²) in [7, 11) is 1.63. The molecule has 7 heteroatoms. The molecule has 0 saturated heterocycles. The lowest BCUT2D eigenvalue weighted by atomic mass is 9.92. The Morgan fingerprint density at radius 2 is 2.09 bits per heavy atom. The van der Waals surface area contributed by atoms with Crippen molar-refractivity contribution in [2.45, 2.75) is 19.0 Å². The number of nitrogens with two attached hydrogens (primary N) is 1. The average molecular weight is 325 g/mol. The highest BCUT2D eigenvalue weighted by Crippen LogP contribution is 2.19. The summed E-state index contributed by atoms with van der Waals surface area (Å²) >= 11 is 0. The van der Waals surface area contributed by atoms with E-state index in [4.69, 9.17) is 10.5 Å². The van der Waals surface area contributed by atoms with Gasteiger partial charge in [0.15, 0.2) is 0 Å². The quantitative estimate of drug-likeness (QED) is 0.848. The Labute approximate surface area is 136 Å². The Kier molecular flexibility index (Phi) is 6.55. The summed E-state index contributed by atoms with van der Waals surface area (Å²) in [5, 5.41) is 6.93. The third kappa shape index (κ3) is 4.30. The monoisotopic (exact) mass is 324 g/mol. The van der Waals surface area contributed by atoms with E-state index in [2.05, 4.69) is 10.4 Å². The first-order valence-corrected chi connectivity index (χ1v) is 6.71. The van der Waals surface area contributed by atoms with Crippen LogP contribution in [0.4, 0.5) is 5.69 Å². The summed E-state index contributed by atoms with van der Waals surface area (Å²) in [4.78, 5) is 12.4. The number of hydrogen-bond donors (Lipinski definition) is 2. The Morgan fingerprint density at radius 3 is 2.73 bits per heavy atom. The summed E-state index contributed by atoms with van der Waals surface area (Å²) in [6.45, 7) is 2.88. The van der Waals surface area contributed by atoms with Crippen LogP contribution in [0.5, 0.6) is 0 Å². The molecular formula is C15H21ClN4O2. The summed E-state index contributed by atoms with van der Waals surface area (Å²) in [6, 6.07) is 9.27. The lowest BCUT2D eigenvalue weighted by Crippen LogP contribution is -2.45. The highest BCUT2D eigenvalue weighted by atomic mass is 35.5. The van der Waals surface area contributed by atoms with Gasteiger partial charge in [-0.2, -0.15) is 5.10 Å². The number of hydrogen-bond acceptors (Lipinski definition) is 4. The third-order valence-electron chi connectivity index (χ3n) is 3.26. The number of methoxy groups -OCH3 is 1. The smallest absolute Gasteiger partial charge is 0.248 e. The molecule has 2 aromatic rings. The maximum atomic E-state index is 12.4. The Balaban J connectivity index is 0.00000242. The van der Waals surface area contributed by atoms with Crippen LogP contribution in [0.1, 0.15) is 12.5 Å². The highest BCUT2D eigenvalue weighted by Gasteiger charge is 2.30. The minimum absolute atomic E-state index is 0. The molecular weight excluding hydrogens is 304 g/mol. The Bertz CT molecular complexity index is 599. The van der Waals surface area contributed by atoms with E-state index in [0.717, 1.165) is 5.56 Å². The second-order valence-electron chi connectivity index (χ2n) is 5.01. The minimum Gasteiger partial charge on any atom is -0.383 e. The summed E-state index contributed by atoms with van der Waals surface area (Å²) < 4.78 is 6.68. The van der Waals surface area contributed by atoms with E-state index >= 15 is 0 Å². The van der Waals surface area contributed by atoms with Gasteiger partial charge < -0.3 is 15.8 Å². The third-order valence-corrected chi connectivity index (χ3v) is 3.26. The summed E-state index contributed by atoms with van der Waals surface area (Å²) in [5.41, 5.74) is 6.43. The van der Waals surface area contributed by atoms with Crippen molar-refractivity contribution >= 4 is 24.0 Å². The largest absolute Gasteiger partial charge is 0.383 e. The van der Waals surface area contributed by atoms with Crippen LogP contribution in [0.2, 0.25) is 0 Å². The maximum absolute atomic E-state index is 12.4. The van der Waals surface area contributed by atoms with Crippen LogP contribution < -0.4 is 11.1 Å². The first kappa shape index (κ1) is 18.2. The fourth-order valence-corrected chi connectivity index (χ4v) is 1.91. The normalized spacial score (nSPS) is 13.0.